The second kappa shape index (κ2) is 9.67. The summed E-state index contributed by atoms with van der Waals surface area (Å²) in [5.74, 6) is 0.810. The number of nitrogens with one attached hydrogen (secondary N) is 1. The van der Waals surface area contributed by atoms with Gasteiger partial charge in [-0.1, -0.05) is 17.7 Å². The van der Waals surface area contributed by atoms with Gasteiger partial charge in [0.25, 0.3) is 5.91 Å². The van der Waals surface area contributed by atoms with Crippen molar-refractivity contribution in [3.63, 3.8) is 0 Å². The van der Waals surface area contributed by atoms with E-state index in [2.05, 4.69) is 14.1 Å². The fourth-order valence-corrected chi connectivity index (χ4v) is 3.95. The fraction of sp³-hybridized carbons (Fsp3) is 0.304. The number of ether oxygens (including phenoxy) is 1. The van der Waals surface area contributed by atoms with Crippen molar-refractivity contribution in [1.29, 1.82) is 0 Å². The summed E-state index contributed by atoms with van der Waals surface area (Å²) in [6.45, 7) is 3.64. The maximum Gasteiger partial charge on any atom is 0.260 e. The number of anilines is 1. The molecule has 0 aliphatic rings. The molecular weight excluding hydrogens is 382 g/mol. The molecular formula is C23H28N3O2S+. The number of amides is 1. The third-order valence-corrected chi connectivity index (χ3v) is 5.54. The van der Waals surface area contributed by atoms with Crippen LogP contribution >= 0.6 is 11.3 Å². The lowest BCUT2D eigenvalue weighted by molar-refractivity contribution is -0.858. The van der Waals surface area contributed by atoms with Gasteiger partial charge in [-0.15, -0.1) is 11.3 Å². The molecule has 1 N–H and O–H groups in total. The summed E-state index contributed by atoms with van der Waals surface area (Å²) in [5.41, 5.74) is 3.65. The number of methoxy groups -OCH3 is 1. The maximum atomic E-state index is 13.3. The SMILES string of the molecule is COc1ccc(-c2csc(N(CCC[NH+](C)C)C(=O)c3cccc(C)c3)n2)cc1. The molecule has 0 saturated carbocycles. The molecule has 0 radical (unpaired) electrons. The Morgan fingerprint density at radius 3 is 2.59 bits per heavy atom. The molecule has 0 aliphatic carbocycles. The molecule has 3 aromatic rings. The van der Waals surface area contributed by atoms with Crippen molar-refractivity contribution in [2.45, 2.75) is 13.3 Å². The van der Waals surface area contributed by atoms with Crippen molar-refractivity contribution in [1.82, 2.24) is 4.98 Å². The van der Waals surface area contributed by atoms with Crippen LogP contribution in [0.5, 0.6) is 5.75 Å². The zero-order chi connectivity index (χ0) is 20.8. The first-order chi connectivity index (χ1) is 14.0. The van der Waals surface area contributed by atoms with E-state index >= 15 is 0 Å². The lowest BCUT2D eigenvalue weighted by Gasteiger charge is -2.20. The minimum atomic E-state index is -0.00177. The molecule has 1 heterocycles. The van der Waals surface area contributed by atoms with E-state index in [1.165, 1.54) is 16.2 Å². The molecule has 1 amide bonds. The molecule has 2 aromatic carbocycles. The molecule has 3 rings (SSSR count). The lowest BCUT2D eigenvalue weighted by Crippen LogP contribution is -3.05. The molecule has 5 nitrogen and oxygen atoms in total. The number of aryl methyl sites for hydroxylation is 1. The zero-order valence-electron chi connectivity index (χ0n) is 17.4. The van der Waals surface area contributed by atoms with Crippen LogP contribution in [0.3, 0.4) is 0 Å². The third kappa shape index (κ3) is 5.43. The Kier molecular flexibility index (Phi) is 7.01. The Morgan fingerprint density at radius 2 is 1.93 bits per heavy atom. The molecule has 0 spiro atoms. The number of benzene rings is 2. The second-order valence-electron chi connectivity index (χ2n) is 7.38. The van der Waals surface area contributed by atoms with Gasteiger partial charge in [0.15, 0.2) is 5.13 Å². The Labute approximate surface area is 176 Å². The predicted octanol–water partition coefficient (Wildman–Crippen LogP) is 3.31. The Morgan fingerprint density at radius 1 is 1.17 bits per heavy atom. The van der Waals surface area contributed by atoms with E-state index in [1.807, 2.05) is 65.7 Å². The zero-order valence-corrected chi connectivity index (χ0v) is 18.3. The van der Waals surface area contributed by atoms with Crippen LogP contribution in [0.15, 0.2) is 53.9 Å². The van der Waals surface area contributed by atoms with Gasteiger partial charge in [-0.05, 0) is 43.3 Å². The highest BCUT2D eigenvalue weighted by molar-refractivity contribution is 7.14. The first-order valence-electron chi connectivity index (χ1n) is 9.75. The summed E-state index contributed by atoms with van der Waals surface area (Å²) in [6, 6.07) is 15.5. The van der Waals surface area contributed by atoms with E-state index in [0.717, 1.165) is 40.7 Å². The van der Waals surface area contributed by atoms with Crippen molar-refractivity contribution >= 4 is 22.4 Å². The number of carbonyl (C=O) groups excluding carboxylic acids is 1. The summed E-state index contributed by atoms with van der Waals surface area (Å²) >= 11 is 1.50. The fourth-order valence-electron chi connectivity index (χ4n) is 3.09. The highest BCUT2D eigenvalue weighted by atomic mass is 32.1. The van der Waals surface area contributed by atoms with E-state index in [1.54, 1.807) is 7.11 Å². The monoisotopic (exact) mass is 410 g/mol. The van der Waals surface area contributed by atoms with Crippen LogP contribution in [-0.4, -0.2) is 45.2 Å². The van der Waals surface area contributed by atoms with E-state index in [9.17, 15) is 4.79 Å². The van der Waals surface area contributed by atoms with Gasteiger partial charge < -0.3 is 9.64 Å². The van der Waals surface area contributed by atoms with E-state index in [-0.39, 0.29) is 5.91 Å². The highest BCUT2D eigenvalue weighted by Crippen LogP contribution is 2.29. The normalized spacial score (nSPS) is 10.9. The van der Waals surface area contributed by atoms with Crippen molar-refractivity contribution < 1.29 is 14.4 Å². The third-order valence-electron chi connectivity index (χ3n) is 4.68. The highest BCUT2D eigenvalue weighted by Gasteiger charge is 2.21. The summed E-state index contributed by atoms with van der Waals surface area (Å²) in [4.78, 5) is 21.2. The average molecular weight is 411 g/mol. The number of aromatic nitrogens is 1. The van der Waals surface area contributed by atoms with Gasteiger partial charge >= 0.3 is 0 Å². The van der Waals surface area contributed by atoms with Gasteiger partial charge in [-0.2, -0.15) is 0 Å². The summed E-state index contributed by atoms with van der Waals surface area (Å²) in [5, 5.41) is 2.74. The Bertz CT molecular complexity index is 951. The second-order valence-corrected chi connectivity index (χ2v) is 8.22. The summed E-state index contributed by atoms with van der Waals surface area (Å²) < 4.78 is 5.23. The Balaban J connectivity index is 1.87. The van der Waals surface area contributed by atoms with Gasteiger partial charge in [0.05, 0.1) is 33.4 Å². The molecule has 0 bridgehead atoms. The number of quaternary nitrogens is 1. The number of hydrogen-bond donors (Lipinski definition) is 1. The number of hydrogen-bond acceptors (Lipinski definition) is 4. The van der Waals surface area contributed by atoms with E-state index < -0.39 is 0 Å². The molecule has 1 aromatic heterocycles. The van der Waals surface area contributed by atoms with Crippen LogP contribution in [0.2, 0.25) is 0 Å². The molecule has 6 heteroatoms. The number of rotatable bonds is 8. The van der Waals surface area contributed by atoms with Crippen LogP contribution in [0, 0.1) is 6.92 Å². The summed E-state index contributed by atoms with van der Waals surface area (Å²) in [7, 11) is 5.90. The number of nitrogens with zero attached hydrogens (tertiary/aromatic N) is 2. The van der Waals surface area contributed by atoms with Crippen molar-refractivity contribution in [2.75, 3.05) is 39.2 Å². The quantitative estimate of drug-likeness (QED) is 0.620. The van der Waals surface area contributed by atoms with Crippen molar-refractivity contribution in [2.24, 2.45) is 0 Å². The number of carbonyl (C=O) groups is 1. The van der Waals surface area contributed by atoms with Crippen molar-refractivity contribution in [3.8, 4) is 17.0 Å². The lowest BCUT2D eigenvalue weighted by atomic mass is 10.1. The van der Waals surface area contributed by atoms with E-state index in [4.69, 9.17) is 9.72 Å². The smallest absolute Gasteiger partial charge is 0.260 e. The van der Waals surface area contributed by atoms with Crippen LogP contribution in [0.25, 0.3) is 11.3 Å². The predicted molar refractivity (Wildman–Crippen MR) is 119 cm³/mol. The standard InChI is InChI=1S/C23H27N3O2S/c1-17-7-5-8-19(15-17)22(27)26(14-6-13-25(2)3)23-24-21(16-29-23)18-9-11-20(28-4)12-10-18/h5,7-12,15-16H,6,13-14H2,1-4H3/p+1. The molecule has 29 heavy (non-hydrogen) atoms. The first-order valence-corrected chi connectivity index (χ1v) is 10.6. The van der Waals surface area contributed by atoms with Crippen LogP contribution < -0.4 is 14.5 Å². The van der Waals surface area contributed by atoms with Gasteiger partial charge in [-0.3, -0.25) is 9.69 Å². The van der Waals surface area contributed by atoms with E-state index in [0.29, 0.717) is 12.1 Å². The Hall–Kier alpha value is -2.70. The largest absolute Gasteiger partial charge is 0.497 e. The van der Waals surface area contributed by atoms with Gasteiger partial charge in [0.1, 0.15) is 5.75 Å². The van der Waals surface area contributed by atoms with Crippen LogP contribution in [0.1, 0.15) is 22.3 Å². The minimum absolute atomic E-state index is 0.00177. The molecule has 0 atom stereocenters. The summed E-state index contributed by atoms with van der Waals surface area (Å²) in [6.07, 6.45) is 0.914. The number of thiazole rings is 1. The molecule has 0 saturated heterocycles. The molecule has 0 fully saturated rings. The van der Waals surface area contributed by atoms with Gasteiger partial charge in [0, 0.05) is 29.5 Å². The van der Waals surface area contributed by atoms with Crippen molar-refractivity contribution in [3.05, 3.63) is 65.0 Å². The van der Waals surface area contributed by atoms with Crippen LogP contribution in [-0.2, 0) is 0 Å². The van der Waals surface area contributed by atoms with Crippen LogP contribution in [0.4, 0.5) is 5.13 Å². The van der Waals surface area contributed by atoms with Gasteiger partial charge in [-0.25, -0.2) is 4.98 Å². The maximum absolute atomic E-state index is 13.3. The molecule has 152 valence electrons. The first kappa shape index (κ1) is 21.0. The topological polar surface area (TPSA) is 46.9 Å². The average Bonchev–Trinajstić information content (AvgIpc) is 3.20. The van der Waals surface area contributed by atoms with Gasteiger partial charge in [0.2, 0.25) is 0 Å². The minimum Gasteiger partial charge on any atom is -0.497 e. The molecule has 0 aliphatic heterocycles. The molecule has 0 unspecified atom stereocenters.